The predicted molar refractivity (Wildman–Crippen MR) is 53.6 cm³/mol. The Balaban J connectivity index is 4.86. The van der Waals surface area contributed by atoms with Crippen molar-refractivity contribution in [3.05, 3.63) is 0 Å². The smallest absolute Gasteiger partial charge is 0.243 e. The van der Waals surface area contributed by atoms with Crippen LogP contribution in [0.15, 0.2) is 0 Å². The van der Waals surface area contributed by atoms with Crippen molar-refractivity contribution in [1.29, 1.82) is 0 Å². The predicted octanol–water partition coefficient (Wildman–Crippen LogP) is -0.740. The van der Waals surface area contributed by atoms with Crippen LogP contribution in [0.4, 0.5) is 0 Å². The van der Waals surface area contributed by atoms with Crippen molar-refractivity contribution in [2.24, 2.45) is 0 Å². The van der Waals surface area contributed by atoms with E-state index >= 15 is 0 Å². The molecule has 0 rings (SSSR count). The molecule has 1 amide bonds. The third-order valence-electron chi connectivity index (χ3n) is 2.22. The van der Waals surface area contributed by atoms with E-state index in [9.17, 15) is 13.2 Å². The second-order valence-corrected chi connectivity index (χ2v) is 6.30. The van der Waals surface area contributed by atoms with E-state index in [1.165, 1.54) is 25.8 Å². The Kier molecular flexibility index (Phi) is 4.08. The molecule has 0 aromatic heterocycles. The lowest BCUT2D eigenvalue weighted by molar-refractivity contribution is -0.132. The van der Waals surface area contributed by atoms with Crippen molar-refractivity contribution >= 4 is 15.7 Å². The summed E-state index contributed by atoms with van der Waals surface area (Å²) < 4.78 is 21.2. The molecule has 6 heteroatoms. The molecule has 5 nitrogen and oxygen atoms in total. The Bertz CT molecular complexity index is 307. The van der Waals surface area contributed by atoms with Crippen molar-refractivity contribution in [3.8, 4) is 0 Å². The molecular weight excluding hydrogens is 206 g/mol. The van der Waals surface area contributed by atoms with Gasteiger partial charge in [0.1, 0.15) is 4.75 Å². The summed E-state index contributed by atoms with van der Waals surface area (Å²) in [5.74, 6) is -0.506. The van der Waals surface area contributed by atoms with Crippen molar-refractivity contribution in [1.82, 2.24) is 4.90 Å². The Hall–Kier alpha value is -0.620. The monoisotopic (exact) mass is 223 g/mol. The molecule has 1 N–H and O–H groups in total. The molecule has 0 aliphatic heterocycles. The number of rotatable bonds is 4. The van der Waals surface area contributed by atoms with Crippen LogP contribution in [0.1, 0.15) is 13.8 Å². The highest BCUT2D eigenvalue weighted by molar-refractivity contribution is 7.92. The summed E-state index contributed by atoms with van der Waals surface area (Å²) in [5, 5.41) is 8.61. The zero-order chi connectivity index (χ0) is 11.6. The third kappa shape index (κ3) is 2.68. The van der Waals surface area contributed by atoms with Crippen molar-refractivity contribution in [3.63, 3.8) is 0 Å². The van der Waals surface area contributed by atoms with Gasteiger partial charge in [-0.3, -0.25) is 4.79 Å². The van der Waals surface area contributed by atoms with E-state index in [0.29, 0.717) is 0 Å². The van der Waals surface area contributed by atoms with Crippen LogP contribution in [-0.4, -0.2) is 55.5 Å². The van der Waals surface area contributed by atoms with Gasteiger partial charge in [-0.2, -0.15) is 0 Å². The van der Waals surface area contributed by atoms with Crippen LogP contribution in [0.3, 0.4) is 0 Å². The van der Waals surface area contributed by atoms with E-state index in [1.54, 1.807) is 0 Å². The minimum atomic E-state index is -3.44. The van der Waals surface area contributed by atoms with Gasteiger partial charge in [0, 0.05) is 19.8 Å². The normalized spacial score (nSPS) is 12.6. The molecule has 0 radical (unpaired) electrons. The minimum absolute atomic E-state index is 0.137. The summed E-state index contributed by atoms with van der Waals surface area (Å²) in [6.07, 6.45) is 1.03. The summed E-state index contributed by atoms with van der Waals surface area (Å²) in [4.78, 5) is 12.8. The van der Waals surface area contributed by atoms with Gasteiger partial charge in [-0.15, -0.1) is 0 Å². The number of hydrogen-bond acceptors (Lipinski definition) is 4. The number of nitrogens with zero attached hydrogens (tertiary/aromatic N) is 1. The van der Waals surface area contributed by atoms with E-state index in [2.05, 4.69) is 0 Å². The second-order valence-electron chi connectivity index (χ2n) is 3.73. The first-order valence-electron chi connectivity index (χ1n) is 4.20. The van der Waals surface area contributed by atoms with Gasteiger partial charge in [0.05, 0.1) is 6.61 Å². The molecule has 0 aliphatic rings. The molecule has 14 heavy (non-hydrogen) atoms. The molecule has 0 saturated heterocycles. The zero-order valence-electron chi connectivity index (χ0n) is 8.94. The maximum Gasteiger partial charge on any atom is 0.243 e. The summed E-state index contributed by atoms with van der Waals surface area (Å²) in [6, 6.07) is 0. The first-order chi connectivity index (χ1) is 6.14. The number of carbonyl (C=O) groups excluding carboxylic acids is 1. The Morgan fingerprint density at radius 2 is 1.86 bits per heavy atom. The van der Waals surface area contributed by atoms with Crippen molar-refractivity contribution in [2.45, 2.75) is 18.6 Å². The molecule has 0 fully saturated rings. The lowest BCUT2D eigenvalue weighted by Crippen LogP contribution is -2.48. The highest BCUT2D eigenvalue weighted by Crippen LogP contribution is 2.17. The number of sulfone groups is 1. The summed E-state index contributed by atoms with van der Waals surface area (Å²) in [5.41, 5.74) is 0. The number of carbonyl (C=O) groups is 1. The SMILES string of the molecule is CN(CCO)C(=O)C(C)(C)S(C)(=O)=O. The van der Waals surface area contributed by atoms with Gasteiger partial charge in [0.2, 0.25) is 5.91 Å². The first-order valence-corrected chi connectivity index (χ1v) is 6.09. The zero-order valence-corrected chi connectivity index (χ0v) is 9.76. The van der Waals surface area contributed by atoms with Crippen molar-refractivity contribution in [2.75, 3.05) is 26.5 Å². The summed E-state index contributed by atoms with van der Waals surface area (Å²) in [6.45, 7) is 2.68. The average molecular weight is 223 g/mol. The number of aliphatic hydroxyl groups is 1. The minimum Gasteiger partial charge on any atom is -0.395 e. The van der Waals surface area contributed by atoms with Crippen LogP contribution in [0.2, 0.25) is 0 Å². The summed E-state index contributed by atoms with van der Waals surface area (Å²) >= 11 is 0. The molecule has 0 aliphatic carbocycles. The fourth-order valence-electron chi connectivity index (χ4n) is 0.870. The molecule has 0 unspecified atom stereocenters. The van der Waals surface area contributed by atoms with Crippen LogP contribution >= 0.6 is 0 Å². The van der Waals surface area contributed by atoms with E-state index in [1.807, 2.05) is 0 Å². The van der Waals surface area contributed by atoms with Gasteiger partial charge in [-0.25, -0.2) is 8.42 Å². The van der Waals surface area contributed by atoms with Crippen molar-refractivity contribution < 1.29 is 18.3 Å². The summed E-state index contributed by atoms with van der Waals surface area (Å²) in [7, 11) is -1.97. The lowest BCUT2D eigenvalue weighted by atomic mass is 10.2. The number of hydrogen-bond donors (Lipinski definition) is 1. The van der Waals surface area contributed by atoms with Crippen LogP contribution in [0, 0.1) is 0 Å². The van der Waals surface area contributed by atoms with Crippen LogP contribution in [0.5, 0.6) is 0 Å². The number of aliphatic hydroxyl groups excluding tert-OH is 1. The van der Waals surface area contributed by atoms with Gasteiger partial charge in [-0.05, 0) is 13.8 Å². The molecular formula is C8H17NO4S. The van der Waals surface area contributed by atoms with Crippen LogP contribution in [-0.2, 0) is 14.6 Å². The lowest BCUT2D eigenvalue weighted by Gasteiger charge is -2.27. The standard InChI is InChI=1S/C8H17NO4S/c1-8(2,14(4,12)13)7(11)9(3)5-6-10/h10H,5-6H2,1-4H3. The van der Waals surface area contributed by atoms with E-state index in [-0.39, 0.29) is 13.2 Å². The molecule has 0 aromatic carbocycles. The molecule has 0 spiro atoms. The quantitative estimate of drug-likeness (QED) is 0.681. The fraction of sp³-hybridized carbons (Fsp3) is 0.875. The topological polar surface area (TPSA) is 74.7 Å². The maximum atomic E-state index is 11.6. The molecule has 0 atom stereocenters. The van der Waals surface area contributed by atoms with Crippen LogP contribution in [0.25, 0.3) is 0 Å². The van der Waals surface area contributed by atoms with E-state index in [4.69, 9.17) is 5.11 Å². The number of likely N-dealkylation sites (N-methyl/N-ethyl adjacent to an activating group) is 1. The molecule has 84 valence electrons. The largest absolute Gasteiger partial charge is 0.395 e. The second kappa shape index (κ2) is 4.27. The Morgan fingerprint density at radius 3 is 2.14 bits per heavy atom. The van der Waals surface area contributed by atoms with Gasteiger partial charge in [0.15, 0.2) is 9.84 Å². The average Bonchev–Trinajstić information content (AvgIpc) is 2.01. The molecule has 0 heterocycles. The van der Waals surface area contributed by atoms with Gasteiger partial charge < -0.3 is 10.0 Å². The maximum absolute atomic E-state index is 11.6. The third-order valence-corrected chi connectivity index (χ3v) is 4.25. The first kappa shape index (κ1) is 13.4. The molecule has 0 saturated carbocycles. The van der Waals surface area contributed by atoms with Crippen LogP contribution < -0.4 is 0 Å². The van der Waals surface area contributed by atoms with Gasteiger partial charge in [-0.1, -0.05) is 0 Å². The molecule has 0 aromatic rings. The highest BCUT2D eigenvalue weighted by atomic mass is 32.2. The highest BCUT2D eigenvalue weighted by Gasteiger charge is 2.40. The van der Waals surface area contributed by atoms with Gasteiger partial charge in [0.25, 0.3) is 0 Å². The van der Waals surface area contributed by atoms with E-state index in [0.717, 1.165) is 6.26 Å². The van der Waals surface area contributed by atoms with E-state index < -0.39 is 20.5 Å². The number of amides is 1. The molecule has 0 bridgehead atoms. The van der Waals surface area contributed by atoms with Gasteiger partial charge >= 0.3 is 0 Å². The Labute approximate surface area is 84.6 Å². The fourth-order valence-corrected chi connectivity index (χ4v) is 1.34. The Morgan fingerprint density at radius 1 is 1.43 bits per heavy atom.